The summed E-state index contributed by atoms with van der Waals surface area (Å²) in [5.74, 6) is -0.665. The Morgan fingerprint density at radius 1 is 1.16 bits per heavy atom. The largest absolute Gasteiger partial charge is 0.493 e. The molecule has 4 aromatic rings. The molecule has 1 aliphatic heterocycles. The summed E-state index contributed by atoms with van der Waals surface area (Å²) in [5, 5.41) is 12.7. The smallest absolute Gasteiger partial charge is 0.337 e. The van der Waals surface area contributed by atoms with Gasteiger partial charge in [0.15, 0.2) is 6.10 Å². The van der Waals surface area contributed by atoms with Crippen molar-refractivity contribution in [3.05, 3.63) is 70.7 Å². The predicted octanol–water partition coefficient (Wildman–Crippen LogP) is 7.50. The number of ether oxygens (including phenoxy) is 2. The van der Waals surface area contributed by atoms with Crippen LogP contribution in [-0.2, 0) is 16.0 Å². The number of aliphatic carboxylic acids is 1. The highest BCUT2D eigenvalue weighted by Gasteiger charge is 2.33. The fraction of sp³-hybridized carbons (Fsp3) is 0.355. The van der Waals surface area contributed by atoms with E-state index in [-0.39, 0.29) is 11.7 Å². The number of rotatable bonds is 5. The minimum Gasteiger partial charge on any atom is -0.493 e. The molecule has 192 valence electrons. The number of nitrogens with zero attached hydrogens (tertiary/aromatic N) is 1. The molecule has 0 saturated heterocycles. The van der Waals surface area contributed by atoms with E-state index in [1.807, 2.05) is 71.9 Å². The average Bonchev–Trinajstić information content (AvgIpc) is 2.82. The first kappa shape index (κ1) is 25.2. The molecular weight excluding hydrogens is 469 g/mol. The van der Waals surface area contributed by atoms with Gasteiger partial charge in [0.05, 0.1) is 17.7 Å². The predicted molar refractivity (Wildman–Crippen MR) is 144 cm³/mol. The SMILES string of the molecule is Cc1cc2cc(C(C)C)c(F)cc2c(-c2ccc3c4c(ccnc24)CCO3)c1[C@@H](OC(C)(C)C)C(=O)O. The normalized spacial score (nSPS) is 14.3. The molecule has 0 aliphatic carbocycles. The van der Waals surface area contributed by atoms with E-state index < -0.39 is 17.7 Å². The van der Waals surface area contributed by atoms with Gasteiger partial charge in [0, 0.05) is 29.1 Å². The zero-order chi connectivity index (χ0) is 26.6. The highest BCUT2D eigenvalue weighted by molar-refractivity contribution is 6.09. The van der Waals surface area contributed by atoms with Crippen LogP contribution in [0.2, 0.25) is 0 Å². The highest BCUT2D eigenvalue weighted by atomic mass is 19.1. The summed E-state index contributed by atoms with van der Waals surface area (Å²) in [6, 6.07) is 11.1. The van der Waals surface area contributed by atoms with Gasteiger partial charge in [-0.1, -0.05) is 19.9 Å². The molecule has 37 heavy (non-hydrogen) atoms. The van der Waals surface area contributed by atoms with E-state index in [0.717, 1.165) is 39.6 Å². The number of carboxylic acid groups (broad SMARTS) is 1. The number of aromatic nitrogens is 1. The number of carbonyl (C=O) groups is 1. The molecular formula is C31H32FNO4. The van der Waals surface area contributed by atoms with Crippen molar-refractivity contribution in [3.63, 3.8) is 0 Å². The van der Waals surface area contributed by atoms with Crippen molar-refractivity contribution in [2.45, 2.75) is 65.6 Å². The lowest BCUT2D eigenvalue weighted by Gasteiger charge is -2.29. The van der Waals surface area contributed by atoms with E-state index in [1.165, 1.54) is 6.07 Å². The van der Waals surface area contributed by atoms with Crippen LogP contribution in [0.5, 0.6) is 5.75 Å². The summed E-state index contributed by atoms with van der Waals surface area (Å²) in [6.45, 7) is 11.9. The molecule has 5 nitrogen and oxygen atoms in total. The van der Waals surface area contributed by atoms with Gasteiger partial charge in [0.2, 0.25) is 0 Å². The Morgan fingerprint density at radius 2 is 1.92 bits per heavy atom. The monoisotopic (exact) mass is 501 g/mol. The van der Waals surface area contributed by atoms with Crippen molar-refractivity contribution in [3.8, 4) is 16.9 Å². The first-order chi connectivity index (χ1) is 17.5. The minimum atomic E-state index is -1.26. The molecule has 1 aromatic heterocycles. The number of carboxylic acids is 1. The van der Waals surface area contributed by atoms with E-state index in [4.69, 9.17) is 14.5 Å². The van der Waals surface area contributed by atoms with Gasteiger partial charge in [-0.2, -0.15) is 0 Å². The molecule has 0 spiro atoms. The lowest BCUT2D eigenvalue weighted by Crippen LogP contribution is -2.28. The van der Waals surface area contributed by atoms with Gasteiger partial charge >= 0.3 is 5.97 Å². The summed E-state index contributed by atoms with van der Waals surface area (Å²) in [4.78, 5) is 17.4. The number of hydrogen-bond donors (Lipinski definition) is 1. The summed E-state index contributed by atoms with van der Waals surface area (Å²) in [5.41, 5.74) is 4.35. The van der Waals surface area contributed by atoms with Gasteiger partial charge in [-0.3, -0.25) is 4.98 Å². The van der Waals surface area contributed by atoms with Gasteiger partial charge < -0.3 is 14.6 Å². The first-order valence-corrected chi connectivity index (χ1v) is 12.7. The quantitative estimate of drug-likeness (QED) is 0.307. The third-order valence-electron chi connectivity index (χ3n) is 6.92. The Hall–Kier alpha value is -3.51. The number of benzene rings is 3. The molecule has 6 heteroatoms. The third-order valence-corrected chi connectivity index (χ3v) is 6.92. The first-order valence-electron chi connectivity index (χ1n) is 12.7. The van der Waals surface area contributed by atoms with Gasteiger partial charge in [-0.15, -0.1) is 0 Å². The van der Waals surface area contributed by atoms with Crippen molar-refractivity contribution in [1.82, 2.24) is 4.98 Å². The molecule has 1 aliphatic rings. The van der Waals surface area contributed by atoms with Crippen LogP contribution in [0.15, 0.2) is 42.6 Å². The Labute approximate surface area is 216 Å². The van der Waals surface area contributed by atoms with Crippen LogP contribution in [0.3, 0.4) is 0 Å². The number of aryl methyl sites for hydroxylation is 1. The van der Waals surface area contributed by atoms with Crippen LogP contribution in [-0.4, -0.2) is 28.3 Å². The number of hydrogen-bond acceptors (Lipinski definition) is 4. The van der Waals surface area contributed by atoms with Crippen molar-refractivity contribution < 1.29 is 23.8 Å². The third kappa shape index (κ3) is 4.44. The molecule has 0 saturated carbocycles. The second-order valence-electron chi connectivity index (χ2n) is 11.1. The maximum Gasteiger partial charge on any atom is 0.337 e. The molecule has 0 radical (unpaired) electrons. The van der Waals surface area contributed by atoms with Crippen LogP contribution >= 0.6 is 0 Å². The Bertz CT molecular complexity index is 1540. The maximum absolute atomic E-state index is 15.5. The molecule has 1 atom stereocenters. The lowest BCUT2D eigenvalue weighted by molar-refractivity contribution is -0.160. The zero-order valence-electron chi connectivity index (χ0n) is 22.1. The van der Waals surface area contributed by atoms with E-state index in [1.54, 1.807) is 6.20 Å². The molecule has 2 heterocycles. The highest BCUT2D eigenvalue weighted by Crippen LogP contribution is 2.45. The van der Waals surface area contributed by atoms with Gasteiger partial charge in [0.1, 0.15) is 11.6 Å². The van der Waals surface area contributed by atoms with E-state index in [0.29, 0.717) is 34.2 Å². The Balaban J connectivity index is 1.94. The van der Waals surface area contributed by atoms with Crippen molar-refractivity contribution in [2.24, 2.45) is 0 Å². The molecule has 3 aromatic carbocycles. The van der Waals surface area contributed by atoms with Crippen molar-refractivity contribution in [2.75, 3.05) is 6.61 Å². The molecule has 5 rings (SSSR count). The second-order valence-corrected chi connectivity index (χ2v) is 11.1. The van der Waals surface area contributed by atoms with Gasteiger partial charge in [-0.25, -0.2) is 9.18 Å². The van der Waals surface area contributed by atoms with Crippen LogP contribution in [0.25, 0.3) is 32.8 Å². The minimum absolute atomic E-state index is 0.00294. The lowest BCUT2D eigenvalue weighted by atomic mass is 9.84. The molecule has 0 bridgehead atoms. The summed E-state index contributed by atoms with van der Waals surface area (Å²) in [6.07, 6.45) is 1.27. The number of fused-ring (bicyclic) bond motifs is 1. The van der Waals surface area contributed by atoms with Crippen LogP contribution in [0.4, 0.5) is 4.39 Å². The molecule has 0 fully saturated rings. The second kappa shape index (κ2) is 9.10. The standard InChI is InChI=1S/C31H32FNO4/c1-16(2)21-14-19-13-17(3)25(29(30(34)35)37-31(4,5)6)27(22(19)15-23(21)32)20-7-8-24-26-18(10-12-36-24)9-11-33-28(20)26/h7-9,11,13-16,29H,10,12H2,1-6H3,(H,34,35)/t29-/m1/s1. The summed E-state index contributed by atoms with van der Waals surface area (Å²) < 4.78 is 27.5. The van der Waals surface area contributed by atoms with E-state index in [9.17, 15) is 9.90 Å². The maximum atomic E-state index is 15.5. The molecule has 0 unspecified atom stereocenters. The molecule has 0 amide bonds. The average molecular weight is 502 g/mol. The fourth-order valence-electron chi connectivity index (χ4n) is 5.36. The topological polar surface area (TPSA) is 68.7 Å². The Kier molecular flexibility index (Phi) is 6.19. The van der Waals surface area contributed by atoms with Gasteiger partial charge in [0.25, 0.3) is 0 Å². The number of halogens is 1. The van der Waals surface area contributed by atoms with Crippen LogP contribution in [0, 0.1) is 12.7 Å². The van der Waals surface area contributed by atoms with Crippen molar-refractivity contribution in [1.29, 1.82) is 0 Å². The molecule has 1 N–H and O–H groups in total. The van der Waals surface area contributed by atoms with Crippen molar-refractivity contribution >= 4 is 27.6 Å². The van der Waals surface area contributed by atoms with E-state index >= 15 is 4.39 Å². The van der Waals surface area contributed by atoms with Gasteiger partial charge in [-0.05, 0) is 97.0 Å². The van der Waals surface area contributed by atoms with E-state index in [2.05, 4.69) is 0 Å². The van der Waals surface area contributed by atoms with Crippen LogP contribution in [0.1, 0.15) is 68.9 Å². The summed E-state index contributed by atoms with van der Waals surface area (Å²) >= 11 is 0. The summed E-state index contributed by atoms with van der Waals surface area (Å²) in [7, 11) is 0. The Morgan fingerprint density at radius 3 is 2.59 bits per heavy atom. The van der Waals surface area contributed by atoms with Crippen LogP contribution < -0.4 is 4.74 Å². The fourth-order valence-corrected chi connectivity index (χ4v) is 5.36. The zero-order valence-corrected chi connectivity index (χ0v) is 22.1. The number of pyridine rings is 1.